The Kier molecular flexibility index (Phi) is 8.49. The molecule has 1 atom stereocenters. The average Bonchev–Trinajstić information content (AvgIpc) is 2.66. The molecule has 2 aromatic carbocycles. The van der Waals surface area contributed by atoms with Gasteiger partial charge in [0.15, 0.2) is 5.96 Å². The first-order valence-electron chi connectivity index (χ1n) is 9.09. The molecule has 0 heterocycles. The zero-order valence-electron chi connectivity index (χ0n) is 15.6. The third kappa shape index (κ3) is 7.57. The summed E-state index contributed by atoms with van der Waals surface area (Å²) in [6.07, 6.45) is 0. The predicted molar refractivity (Wildman–Crippen MR) is 106 cm³/mol. The molecular weight excluding hydrogens is 326 g/mol. The van der Waals surface area contributed by atoms with Crippen molar-refractivity contribution in [3.05, 3.63) is 65.7 Å². The van der Waals surface area contributed by atoms with Crippen LogP contribution in [0.4, 0.5) is 0 Å². The minimum atomic E-state index is 0.270. The summed E-state index contributed by atoms with van der Waals surface area (Å²) in [7, 11) is 0. The lowest BCUT2D eigenvalue weighted by molar-refractivity contribution is 0.0931. The first-order chi connectivity index (χ1) is 12.7. The Labute approximate surface area is 156 Å². The number of nitrogens with one attached hydrogen (secondary N) is 2. The molecule has 0 saturated carbocycles. The predicted octanol–water partition coefficient (Wildman–Crippen LogP) is 3.30. The third-order valence-corrected chi connectivity index (χ3v) is 3.83. The Morgan fingerprint density at radius 2 is 1.77 bits per heavy atom. The number of benzene rings is 2. The van der Waals surface area contributed by atoms with Crippen molar-refractivity contribution in [2.75, 3.05) is 19.7 Å². The second-order valence-electron chi connectivity index (χ2n) is 6.35. The molecule has 3 N–H and O–H groups in total. The van der Waals surface area contributed by atoms with Gasteiger partial charge in [-0.1, -0.05) is 49.4 Å². The molecule has 0 bridgehead atoms. The average molecular weight is 355 g/mol. The molecule has 0 aliphatic heterocycles. The summed E-state index contributed by atoms with van der Waals surface area (Å²) in [4.78, 5) is 4.59. The fourth-order valence-corrected chi connectivity index (χ4v) is 2.40. The molecule has 26 heavy (non-hydrogen) atoms. The van der Waals surface area contributed by atoms with Crippen LogP contribution in [0.1, 0.15) is 25.0 Å². The molecule has 140 valence electrons. The monoisotopic (exact) mass is 355 g/mol. The molecule has 2 rings (SSSR count). The van der Waals surface area contributed by atoms with Crippen molar-refractivity contribution in [2.45, 2.75) is 27.0 Å². The Hall–Kier alpha value is -2.53. The van der Waals surface area contributed by atoms with Crippen LogP contribution in [0.25, 0.3) is 0 Å². The lowest BCUT2D eigenvalue weighted by Gasteiger charge is -2.16. The first-order valence-corrected chi connectivity index (χ1v) is 9.09. The van der Waals surface area contributed by atoms with E-state index in [4.69, 9.17) is 4.74 Å². The SMILES string of the molecule is CCNC(=NCc1ccc(O)cc1)NCC(C)COCc1ccccc1. The van der Waals surface area contributed by atoms with Crippen molar-refractivity contribution >= 4 is 5.96 Å². The van der Waals surface area contributed by atoms with E-state index in [-0.39, 0.29) is 5.75 Å². The number of guanidine groups is 1. The van der Waals surface area contributed by atoms with Crippen LogP contribution < -0.4 is 10.6 Å². The minimum absolute atomic E-state index is 0.270. The van der Waals surface area contributed by atoms with E-state index in [0.717, 1.165) is 24.6 Å². The van der Waals surface area contributed by atoms with Crippen LogP contribution in [-0.4, -0.2) is 30.8 Å². The fraction of sp³-hybridized carbons (Fsp3) is 0.381. The number of aromatic hydroxyl groups is 1. The summed E-state index contributed by atoms with van der Waals surface area (Å²) in [5, 5.41) is 15.9. The van der Waals surface area contributed by atoms with Crippen LogP contribution in [0.2, 0.25) is 0 Å². The molecule has 0 amide bonds. The zero-order valence-corrected chi connectivity index (χ0v) is 15.6. The summed E-state index contributed by atoms with van der Waals surface area (Å²) in [5.74, 6) is 1.43. The van der Waals surface area contributed by atoms with E-state index in [9.17, 15) is 5.11 Å². The Bertz CT molecular complexity index is 657. The number of hydrogen-bond donors (Lipinski definition) is 3. The largest absolute Gasteiger partial charge is 0.508 e. The molecule has 0 fully saturated rings. The Morgan fingerprint density at radius 3 is 2.46 bits per heavy atom. The molecule has 5 nitrogen and oxygen atoms in total. The standard InChI is InChI=1S/C21H29N3O2/c1-3-22-21(24-14-18-9-11-20(25)12-10-18)23-13-17(2)15-26-16-19-7-5-4-6-8-19/h4-12,17,25H,3,13-16H2,1-2H3,(H2,22,23,24). The van der Waals surface area contributed by atoms with E-state index < -0.39 is 0 Å². The molecular formula is C21H29N3O2. The van der Waals surface area contributed by atoms with Gasteiger partial charge in [-0.15, -0.1) is 0 Å². The van der Waals surface area contributed by atoms with E-state index in [1.807, 2.05) is 37.3 Å². The molecule has 0 radical (unpaired) electrons. The van der Waals surface area contributed by atoms with E-state index in [2.05, 4.69) is 34.7 Å². The number of rotatable bonds is 9. The molecule has 0 aromatic heterocycles. The maximum Gasteiger partial charge on any atom is 0.191 e. The van der Waals surface area contributed by atoms with Crippen molar-refractivity contribution in [2.24, 2.45) is 10.9 Å². The van der Waals surface area contributed by atoms with E-state index in [1.54, 1.807) is 12.1 Å². The van der Waals surface area contributed by atoms with Gasteiger partial charge in [0.25, 0.3) is 0 Å². The van der Waals surface area contributed by atoms with Gasteiger partial charge in [-0.3, -0.25) is 0 Å². The number of phenolic OH excluding ortho intramolecular Hbond substituents is 1. The van der Waals surface area contributed by atoms with Gasteiger partial charge in [0.2, 0.25) is 0 Å². The molecule has 0 aliphatic carbocycles. The summed E-state index contributed by atoms with van der Waals surface area (Å²) >= 11 is 0. The minimum Gasteiger partial charge on any atom is -0.508 e. The number of nitrogens with zero attached hydrogens (tertiary/aromatic N) is 1. The van der Waals surface area contributed by atoms with Gasteiger partial charge in [0, 0.05) is 13.1 Å². The normalized spacial score (nSPS) is 12.6. The van der Waals surface area contributed by atoms with Gasteiger partial charge in [-0.25, -0.2) is 4.99 Å². The van der Waals surface area contributed by atoms with Crippen LogP contribution >= 0.6 is 0 Å². The number of ether oxygens (including phenoxy) is 1. The second-order valence-corrected chi connectivity index (χ2v) is 6.35. The first kappa shape index (κ1) is 19.8. The van der Waals surface area contributed by atoms with Crippen molar-refractivity contribution in [3.8, 4) is 5.75 Å². The topological polar surface area (TPSA) is 65.9 Å². The Morgan fingerprint density at radius 1 is 1.04 bits per heavy atom. The molecule has 2 aromatic rings. The van der Waals surface area contributed by atoms with Gasteiger partial charge in [-0.2, -0.15) is 0 Å². The van der Waals surface area contributed by atoms with Crippen LogP contribution in [0, 0.1) is 5.92 Å². The van der Waals surface area contributed by atoms with Crippen molar-refractivity contribution in [1.29, 1.82) is 0 Å². The summed E-state index contributed by atoms with van der Waals surface area (Å²) in [6, 6.07) is 17.3. The van der Waals surface area contributed by atoms with Crippen molar-refractivity contribution in [3.63, 3.8) is 0 Å². The van der Waals surface area contributed by atoms with Crippen LogP contribution in [0.5, 0.6) is 5.75 Å². The number of hydrogen-bond acceptors (Lipinski definition) is 3. The molecule has 0 aliphatic rings. The highest BCUT2D eigenvalue weighted by atomic mass is 16.5. The van der Waals surface area contributed by atoms with Crippen LogP contribution in [-0.2, 0) is 17.9 Å². The number of aliphatic imine (C=N–C) groups is 1. The van der Waals surface area contributed by atoms with Crippen molar-refractivity contribution in [1.82, 2.24) is 10.6 Å². The Balaban J connectivity index is 1.73. The molecule has 0 saturated heterocycles. The van der Waals surface area contributed by atoms with Crippen LogP contribution in [0.15, 0.2) is 59.6 Å². The highest BCUT2D eigenvalue weighted by molar-refractivity contribution is 5.79. The smallest absolute Gasteiger partial charge is 0.191 e. The van der Waals surface area contributed by atoms with Gasteiger partial charge in [0.05, 0.1) is 19.8 Å². The molecule has 0 spiro atoms. The maximum absolute atomic E-state index is 9.33. The summed E-state index contributed by atoms with van der Waals surface area (Å²) in [5.41, 5.74) is 2.25. The highest BCUT2D eigenvalue weighted by Crippen LogP contribution is 2.10. The molecule has 1 unspecified atom stereocenters. The maximum atomic E-state index is 9.33. The molecule has 5 heteroatoms. The van der Waals surface area contributed by atoms with Gasteiger partial charge < -0.3 is 20.5 Å². The lowest BCUT2D eigenvalue weighted by atomic mass is 10.2. The highest BCUT2D eigenvalue weighted by Gasteiger charge is 2.05. The summed E-state index contributed by atoms with van der Waals surface area (Å²) in [6.45, 7) is 7.69. The van der Waals surface area contributed by atoms with E-state index in [1.165, 1.54) is 5.56 Å². The quantitative estimate of drug-likeness (QED) is 0.477. The van der Waals surface area contributed by atoms with Crippen molar-refractivity contribution < 1.29 is 9.84 Å². The van der Waals surface area contributed by atoms with E-state index in [0.29, 0.717) is 25.7 Å². The van der Waals surface area contributed by atoms with Gasteiger partial charge >= 0.3 is 0 Å². The third-order valence-electron chi connectivity index (χ3n) is 3.83. The van der Waals surface area contributed by atoms with E-state index >= 15 is 0 Å². The fourth-order valence-electron chi connectivity index (χ4n) is 2.40. The zero-order chi connectivity index (χ0) is 18.6. The van der Waals surface area contributed by atoms with Gasteiger partial charge in [-0.05, 0) is 36.1 Å². The van der Waals surface area contributed by atoms with Crippen LogP contribution in [0.3, 0.4) is 0 Å². The summed E-state index contributed by atoms with van der Waals surface area (Å²) < 4.78 is 5.79. The second kappa shape index (κ2) is 11.2. The van der Waals surface area contributed by atoms with Gasteiger partial charge in [0.1, 0.15) is 5.75 Å². The lowest BCUT2D eigenvalue weighted by Crippen LogP contribution is -2.40. The number of phenols is 1.